The van der Waals surface area contributed by atoms with Crippen molar-refractivity contribution in [2.75, 3.05) is 18.0 Å². The molecule has 7 nitrogen and oxygen atoms in total. The normalized spacial score (nSPS) is 17.0. The van der Waals surface area contributed by atoms with Gasteiger partial charge in [0.15, 0.2) is 0 Å². The van der Waals surface area contributed by atoms with Gasteiger partial charge in [-0.05, 0) is 73.6 Å². The van der Waals surface area contributed by atoms with Gasteiger partial charge in [-0.2, -0.15) is 5.21 Å². The van der Waals surface area contributed by atoms with Gasteiger partial charge in [0.1, 0.15) is 11.5 Å². The summed E-state index contributed by atoms with van der Waals surface area (Å²) >= 11 is 0. The van der Waals surface area contributed by atoms with E-state index in [2.05, 4.69) is 98.3 Å². The molecule has 1 N–H and O–H groups in total. The summed E-state index contributed by atoms with van der Waals surface area (Å²) in [4.78, 5) is 2.46. The molecule has 2 fully saturated rings. The number of allylic oxidation sites excluding steroid dienone is 1. The number of piperidine rings is 1. The Labute approximate surface area is 198 Å². The highest BCUT2D eigenvalue weighted by Crippen LogP contribution is 2.45. The molecular weight excluding hydrogens is 424 g/mol. The lowest BCUT2D eigenvalue weighted by Gasteiger charge is -2.32. The maximum absolute atomic E-state index is 5.86. The molecular formula is C27H28N6O. The van der Waals surface area contributed by atoms with Gasteiger partial charge in [0.2, 0.25) is 5.82 Å². The molecule has 6 rings (SSSR count). The van der Waals surface area contributed by atoms with Gasteiger partial charge < -0.3 is 9.42 Å². The highest BCUT2D eigenvalue weighted by atomic mass is 16.5. The third-order valence-electron chi connectivity index (χ3n) is 7.01. The van der Waals surface area contributed by atoms with E-state index in [4.69, 9.17) is 4.52 Å². The zero-order valence-electron chi connectivity index (χ0n) is 19.3. The van der Waals surface area contributed by atoms with Crippen molar-refractivity contribution in [3.8, 4) is 22.6 Å². The van der Waals surface area contributed by atoms with Gasteiger partial charge in [-0.1, -0.05) is 41.6 Å². The van der Waals surface area contributed by atoms with Crippen LogP contribution >= 0.6 is 0 Å². The fourth-order valence-corrected chi connectivity index (χ4v) is 4.83. The standard InChI is InChI=1S/C27H28N6O/c1-18-4-2-3-5-23(18)25-24(26(34-30-25)20-7-8-20)13-6-19-14-16-33(17-15-19)22-11-9-21(10-12-22)27-28-31-32-29-27/h2-6,9-13,19-20H,7-8,14-17H2,1H3,(H,28,29,31,32)/b13-6+. The van der Waals surface area contributed by atoms with Gasteiger partial charge in [0.25, 0.3) is 0 Å². The number of benzene rings is 2. The van der Waals surface area contributed by atoms with E-state index < -0.39 is 0 Å². The Morgan fingerprint density at radius 2 is 1.79 bits per heavy atom. The largest absolute Gasteiger partial charge is 0.371 e. The maximum Gasteiger partial charge on any atom is 0.204 e. The smallest absolute Gasteiger partial charge is 0.204 e. The highest BCUT2D eigenvalue weighted by molar-refractivity contribution is 5.75. The molecule has 7 heteroatoms. The summed E-state index contributed by atoms with van der Waals surface area (Å²) < 4.78 is 5.86. The first-order chi connectivity index (χ1) is 16.8. The van der Waals surface area contributed by atoms with Crippen molar-refractivity contribution in [2.45, 2.75) is 38.5 Å². The Morgan fingerprint density at radius 3 is 2.50 bits per heavy atom. The van der Waals surface area contributed by atoms with Gasteiger partial charge in [-0.3, -0.25) is 0 Å². The number of nitrogens with one attached hydrogen (secondary N) is 1. The number of rotatable bonds is 6. The molecule has 2 aromatic heterocycles. The molecule has 0 bridgehead atoms. The Balaban J connectivity index is 1.15. The van der Waals surface area contributed by atoms with Crippen molar-refractivity contribution in [1.29, 1.82) is 0 Å². The van der Waals surface area contributed by atoms with E-state index in [1.165, 1.54) is 29.7 Å². The van der Waals surface area contributed by atoms with Gasteiger partial charge in [0, 0.05) is 41.4 Å². The molecule has 3 heterocycles. The molecule has 0 amide bonds. The minimum Gasteiger partial charge on any atom is -0.371 e. The van der Waals surface area contributed by atoms with E-state index in [9.17, 15) is 0 Å². The summed E-state index contributed by atoms with van der Waals surface area (Å²) in [5.74, 6) is 2.78. The van der Waals surface area contributed by atoms with Crippen LogP contribution in [0.4, 0.5) is 5.69 Å². The van der Waals surface area contributed by atoms with Gasteiger partial charge >= 0.3 is 0 Å². The SMILES string of the molecule is Cc1ccccc1-c1noc(C2CC2)c1/C=C/C1CCN(c2ccc(-c3nn[nH]n3)cc2)CC1. The van der Waals surface area contributed by atoms with E-state index >= 15 is 0 Å². The molecule has 0 spiro atoms. The van der Waals surface area contributed by atoms with E-state index in [1.807, 2.05) is 0 Å². The molecule has 0 unspecified atom stereocenters. The zero-order chi connectivity index (χ0) is 22.9. The van der Waals surface area contributed by atoms with E-state index in [-0.39, 0.29) is 0 Å². The van der Waals surface area contributed by atoms with Crippen molar-refractivity contribution in [3.05, 3.63) is 71.5 Å². The Bertz CT molecular complexity index is 1280. The average molecular weight is 453 g/mol. The summed E-state index contributed by atoms with van der Waals surface area (Å²) in [7, 11) is 0. The van der Waals surface area contributed by atoms with E-state index in [0.717, 1.165) is 48.5 Å². The van der Waals surface area contributed by atoms with E-state index in [1.54, 1.807) is 0 Å². The Hall–Kier alpha value is -3.74. The van der Waals surface area contributed by atoms with Crippen LogP contribution in [0.25, 0.3) is 28.7 Å². The second kappa shape index (κ2) is 8.89. The van der Waals surface area contributed by atoms with Crippen LogP contribution in [-0.2, 0) is 0 Å². The monoisotopic (exact) mass is 452 g/mol. The lowest BCUT2D eigenvalue weighted by molar-refractivity contribution is 0.386. The number of aryl methyl sites for hydroxylation is 1. The first kappa shape index (κ1) is 20.8. The molecule has 172 valence electrons. The molecule has 34 heavy (non-hydrogen) atoms. The molecule has 2 aliphatic rings. The average Bonchev–Trinajstić information content (AvgIpc) is 3.40. The summed E-state index contributed by atoms with van der Waals surface area (Å²) in [6, 6.07) is 16.8. The summed E-state index contributed by atoms with van der Waals surface area (Å²) in [6.45, 7) is 4.22. The topological polar surface area (TPSA) is 83.7 Å². The molecule has 1 saturated heterocycles. The van der Waals surface area contributed by atoms with Gasteiger partial charge in [0.05, 0.1) is 0 Å². The first-order valence-electron chi connectivity index (χ1n) is 12.1. The van der Waals surface area contributed by atoms with Crippen LogP contribution in [0, 0.1) is 12.8 Å². The maximum atomic E-state index is 5.86. The third kappa shape index (κ3) is 4.14. The quantitative estimate of drug-likeness (QED) is 0.408. The van der Waals surface area contributed by atoms with Crippen LogP contribution in [0.3, 0.4) is 0 Å². The van der Waals surface area contributed by atoms with Crippen LogP contribution in [0.15, 0.2) is 59.1 Å². The number of tetrazole rings is 1. The van der Waals surface area contributed by atoms with Gasteiger partial charge in [-0.25, -0.2) is 0 Å². The van der Waals surface area contributed by atoms with Crippen LogP contribution in [0.1, 0.15) is 48.5 Å². The summed E-state index contributed by atoms with van der Waals surface area (Å²) in [6.07, 6.45) is 9.34. The fourth-order valence-electron chi connectivity index (χ4n) is 4.83. The minimum atomic E-state index is 0.530. The second-order valence-corrected chi connectivity index (χ2v) is 9.36. The van der Waals surface area contributed by atoms with Crippen molar-refractivity contribution in [2.24, 2.45) is 5.92 Å². The van der Waals surface area contributed by atoms with Crippen molar-refractivity contribution in [3.63, 3.8) is 0 Å². The fraction of sp³-hybridized carbons (Fsp3) is 0.333. The number of H-pyrrole nitrogens is 1. The number of hydrogen-bond acceptors (Lipinski definition) is 6. The Morgan fingerprint density at radius 1 is 1.00 bits per heavy atom. The summed E-state index contributed by atoms with van der Waals surface area (Å²) in [5, 5.41) is 18.7. The number of aromatic amines is 1. The second-order valence-electron chi connectivity index (χ2n) is 9.36. The van der Waals surface area contributed by atoms with Crippen LogP contribution in [0.5, 0.6) is 0 Å². The Kier molecular flexibility index (Phi) is 5.45. The molecule has 1 aliphatic heterocycles. The number of hydrogen-bond donors (Lipinski definition) is 1. The van der Waals surface area contributed by atoms with Gasteiger partial charge in [-0.15, -0.1) is 10.2 Å². The molecule has 0 atom stereocenters. The lowest BCUT2D eigenvalue weighted by Crippen LogP contribution is -2.32. The van der Waals surface area contributed by atoms with Crippen LogP contribution < -0.4 is 4.90 Å². The van der Waals surface area contributed by atoms with Crippen LogP contribution in [-0.4, -0.2) is 38.9 Å². The number of nitrogens with zero attached hydrogens (tertiary/aromatic N) is 5. The number of aromatic nitrogens is 5. The molecule has 1 saturated carbocycles. The van der Waals surface area contributed by atoms with Crippen molar-refractivity contribution >= 4 is 11.8 Å². The molecule has 2 aromatic carbocycles. The zero-order valence-corrected chi connectivity index (χ0v) is 19.3. The third-order valence-corrected chi connectivity index (χ3v) is 7.01. The molecule has 1 aliphatic carbocycles. The molecule has 0 radical (unpaired) electrons. The first-order valence-corrected chi connectivity index (χ1v) is 12.1. The number of anilines is 1. The van der Waals surface area contributed by atoms with Crippen LogP contribution in [0.2, 0.25) is 0 Å². The molecule has 4 aromatic rings. The van der Waals surface area contributed by atoms with Crippen molar-refractivity contribution < 1.29 is 4.52 Å². The predicted molar refractivity (Wildman–Crippen MR) is 132 cm³/mol. The van der Waals surface area contributed by atoms with Crippen molar-refractivity contribution in [1.82, 2.24) is 25.8 Å². The predicted octanol–water partition coefficient (Wildman–Crippen LogP) is 5.64. The summed E-state index contributed by atoms with van der Waals surface area (Å²) in [5.41, 5.74) is 6.77. The highest BCUT2D eigenvalue weighted by Gasteiger charge is 2.32. The van der Waals surface area contributed by atoms with E-state index in [0.29, 0.717) is 17.7 Å². The minimum absolute atomic E-state index is 0.530. The lowest BCUT2D eigenvalue weighted by atomic mass is 9.93.